The van der Waals surface area contributed by atoms with E-state index >= 15 is 0 Å². The molecule has 32 heavy (non-hydrogen) atoms. The van der Waals surface area contributed by atoms with Gasteiger partial charge in [0.2, 0.25) is 10.0 Å². The second kappa shape index (κ2) is 8.84. The quantitative estimate of drug-likeness (QED) is 0.586. The van der Waals surface area contributed by atoms with Crippen LogP contribution in [-0.4, -0.2) is 56.2 Å². The molecular formula is C23H25FN4O3S. The van der Waals surface area contributed by atoms with Crippen LogP contribution in [0, 0.1) is 19.7 Å². The van der Waals surface area contributed by atoms with Crippen molar-refractivity contribution in [2.24, 2.45) is 0 Å². The third-order valence-corrected chi connectivity index (χ3v) is 7.67. The van der Waals surface area contributed by atoms with Gasteiger partial charge in [0, 0.05) is 31.7 Å². The summed E-state index contributed by atoms with van der Waals surface area (Å²) in [4.78, 5) is 1.92. The van der Waals surface area contributed by atoms with Gasteiger partial charge in [0.25, 0.3) is 0 Å². The number of aromatic nitrogens is 2. The predicted molar refractivity (Wildman–Crippen MR) is 121 cm³/mol. The van der Waals surface area contributed by atoms with Gasteiger partial charge in [0.15, 0.2) is 17.4 Å². The molecule has 0 saturated carbocycles. The summed E-state index contributed by atoms with van der Waals surface area (Å²) in [5, 5.41) is 8.71. The van der Waals surface area contributed by atoms with Gasteiger partial charge in [-0.25, -0.2) is 12.8 Å². The van der Waals surface area contributed by atoms with E-state index in [1.165, 1.54) is 34.7 Å². The molecule has 0 N–H and O–H groups in total. The van der Waals surface area contributed by atoms with E-state index in [0.717, 1.165) is 17.3 Å². The van der Waals surface area contributed by atoms with Crippen molar-refractivity contribution in [1.29, 1.82) is 0 Å². The van der Waals surface area contributed by atoms with Gasteiger partial charge in [-0.2, -0.15) is 4.31 Å². The van der Waals surface area contributed by atoms with Crippen LogP contribution in [-0.2, 0) is 10.0 Å². The molecule has 0 atom stereocenters. The molecule has 1 aliphatic heterocycles. The van der Waals surface area contributed by atoms with Crippen LogP contribution in [0.4, 0.5) is 10.2 Å². The normalized spacial score (nSPS) is 15.1. The smallest absolute Gasteiger partial charge is 0.243 e. The highest BCUT2D eigenvalue weighted by Crippen LogP contribution is 2.25. The van der Waals surface area contributed by atoms with Gasteiger partial charge in [0.05, 0.1) is 17.7 Å². The summed E-state index contributed by atoms with van der Waals surface area (Å²) in [7, 11) is -2.45. The molecule has 0 unspecified atom stereocenters. The van der Waals surface area contributed by atoms with Crippen LogP contribution >= 0.6 is 0 Å². The first-order valence-corrected chi connectivity index (χ1v) is 11.7. The molecule has 0 bridgehead atoms. The van der Waals surface area contributed by atoms with Gasteiger partial charge in [0.1, 0.15) is 0 Å². The fourth-order valence-electron chi connectivity index (χ4n) is 3.66. The lowest BCUT2D eigenvalue weighted by Crippen LogP contribution is -2.49. The Hall–Kier alpha value is -3.04. The number of piperazine rings is 1. The molecule has 7 nitrogen and oxygen atoms in total. The highest BCUT2D eigenvalue weighted by molar-refractivity contribution is 7.89. The molecule has 1 saturated heterocycles. The van der Waals surface area contributed by atoms with Gasteiger partial charge >= 0.3 is 0 Å². The van der Waals surface area contributed by atoms with Crippen LogP contribution in [0.5, 0.6) is 5.75 Å². The van der Waals surface area contributed by atoms with Crippen LogP contribution in [0.3, 0.4) is 0 Å². The van der Waals surface area contributed by atoms with E-state index in [2.05, 4.69) is 36.2 Å². The highest BCUT2D eigenvalue weighted by Gasteiger charge is 2.29. The van der Waals surface area contributed by atoms with Crippen molar-refractivity contribution in [1.82, 2.24) is 14.5 Å². The summed E-state index contributed by atoms with van der Waals surface area (Å²) in [6, 6.07) is 13.7. The number of sulfonamides is 1. The van der Waals surface area contributed by atoms with Gasteiger partial charge in [-0.1, -0.05) is 12.1 Å². The number of methoxy groups -OCH3 is 1. The van der Waals surface area contributed by atoms with Crippen LogP contribution in [0.25, 0.3) is 11.3 Å². The molecule has 1 aliphatic rings. The highest BCUT2D eigenvalue weighted by atomic mass is 32.2. The Labute approximate surface area is 187 Å². The third-order valence-electron chi connectivity index (χ3n) is 5.78. The Morgan fingerprint density at radius 3 is 2.25 bits per heavy atom. The van der Waals surface area contributed by atoms with Gasteiger partial charge in [-0.3, -0.25) is 0 Å². The summed E-state index contributed by atoms with van der Waals surface area (Å²) in [5.74, 6) is 0.00746. The lowest BCUT2D eigenvalue weighted by atomic mass is 10.0. The molecule has 0 radical (unpaired) electrons. The van der Waals surface area contributed by atoms with Crippen molar-refractivity contribution in [3.8, 4) is 17.0 Å². The monoisotopic (exact) mass is 456 g/mol. The summed E-state index contributed by atoms with van der Waals surface area (Å²) in [6.45, 7) is 5.62. The number of hydrogen-bond acceptors (Lipinski definition) is 6. The van der Waals surface area contributed by atoms with E-state index in [0.29, 0.717) is 18.9 Å². The molecule has 0 spiro atoms. The van der Waals surface area contributed by atoms with E-state index in [1.54, 1.807) is 0 Å². The van der Waals surface area contributed by atoms with Crippen molar-refractivity contribution in [2.75, 3.05) is 38.2 Å². The Morgan fingerprint density at radius 1 is 0.906 bits per heavy atom. The maximum atomic E-state index is 14.0. The number of benzene rings is 2. The fraction of sp³-hybridized carbons (Fsp3) is 0.304. The van der Waals surface area contributed by atoms with Crippen molar-refractivity contribution >= 4 is 15.8 Å². The van der Waals surface area contributed by atoms with E-state index < -0.39 is 15.8 Å². The standard InChI is InChI=1S/C23H25FN4O3S/c1-16-4-5-18(14-17(16)2)21-7-9-23(26-25-21)27-10-12-28(13-11-27)32(29,30)19-6-8-22(31-3)20(24)15-19/h4-9,14-15H,10-13H2,1-3H3. The molecule has 2 heterocycles. The maximum absolute atomic E-state index is 14.0. The van der Waals surface area contributed by atoms with Crippen LogP contribution < -0.4 is 9.64 Å². The first-order chi connectivity index (χ1) is 15.3. The number of nitrogens with zero attached hydrogens (tertiary/aromatic N) is 4. The number of rotatable bonds is 5. The zero-order valence-corrected chi connectivity index (χ0v) is 19.1. The summed E-state index contributed by atoms with van der Waals surface area (Å²) in [6.07, 6.45) is 0. The van der Waals surface area contributed by atoms with E-state index in [1.807, 2.05) is 23.1 Å². The first kappa shape index (κ1) is 22.2. The third kappa shape index (κ3) is 4.31. The maximum Gasteiger partial charge on any atom is 0.243 e. The average Bonchev–Trinajstić information content (AvgIpc) is 2.81. The number of ether oxygens (including phenoxy) is 1. The second-order valence-electron chi connectivity index (χ2n) is 7.76. The number of anilines is 1. The Balaban J connectivity index is 1.44. The predicted octanol–water partition coefficient (Wildman–Crippen LogP) is 3.42. The van der Waals surface area contributed by atoms with Gasteiger partial charge < -0.3 is 9.64 Å². The SMILES string of the molecule is COc1ccc(S(=O)(=O)N2CCN(c3ccc(-c4ccc(C)c(C)c4)nn3)CC2)cc1F. The molecule has 1 aromatic heterocycles. The molecule has 0 aliphatic carbocycles. The fourth-order valence-corrected chi connectivity index (χ4v) is 5.10. The van der Waals surface area contributed by atoms with Crippen LogP contribution in [0.1, 0.15) is 11.1 Å². The molecular weight excluding hydrogens is 431 g/mol. The zero-order valence-electron chi connectivity index (χ0n) is 18.2. The molecule has 2 aromatic carbocycles. The summed E-state index contributed by atoms with van der Waals surface area (Å²) in [5.41, 5.74) is 4.22. The largest absolute Gasteiger partial charge is 0.494 e. The van der Waals surface area contributed by atoms with Crippen LogP contribution in [0.15, 0.2) is 53.4 Å². The van der Waals surface area contributed by atoms with E-state index in [-0.39, 0.29) is 23.7 Å². The number of hydrogen-bond donors (Lipinski definition) is 0. The summed E-state index contributed by atoms with van der Waals surface area (Å²) >= 11 is 0. The molecule has 4 rings (SSSR count). The molecule has 3 aromatic rings. The minimum Gasteiger partial charge on any atom is -0.494 e. The van der Waals surface area contributed by atoms with Crippen molar-refractivity contribution in [3.63, 3.8) is 0 Å². The number of aryl methyl sites for hydroxylation is 2. The minimum atomic E-state index is -3.79. The number of halogens is 1. The molecule has 168 valence electrons. The zero-order chi connectivity index (χ0) is 22.9. The van der Waals surface area contributed by atoms with Crippen molar-refractivity contribution < 1.29 is 17.5 Å². The second-order valence-corrected chi connectivity index (χ2v) is 9.70. The van der Waals surface area contributed by atoms with E-state index in [4.69, 9.17) is 4.74 Å². The lowest BCUT2D eigenvalue weighted by Gasteiger charge is -2.34. The van der Waals surface area contributed by atoms with Crippen molar-refractivity contribution in [3.05, 3.63) is 65.5 Å². The first-order valence-electron chi connectivity index (χ1n) is 10.3. The van der Waals surface area contributed by atoms with Crippen LogP contribution in [0.2, 0.25) is 0 Å². The van der Waals surface area contributed by atoms with Gasteiger partial charge in [-0.05, 0) is 61.4 Å². The van der Waals surface area contributed by atoms with E-state index in [9.17, 15) is 12.8 Å². The Bertz CT molecular complexity index is 1220. The van der Waals surface area contributed by atoms with Gasteiger partial charge in [-0.15, -0.1) is 10.2 Å². The Kier molecular flexibility index (Phi) is 6.12. The Morgan fingerprint density at radius 2 is 1.66 bits per heavy atom. The average molecular weight is 457 g/mol. The molecule has 0 amide bonds. The molecule has 9 heteroatoms. The molecule has 1 fully saturated rings. The minimum absolute atomic E-state index is 0.0107. The topological polar surface area (TPSA) is 75.6 Å². The summed E-state index contributed by atoms with van der Waals surface area (Å²) < 4.78 is 46.0. The van der Waals surface area contributed by atoms with Crippen molar-refractivity contribution in [2.45, 2.75) is 18.7 Å². The lowest BCUT2D eigenvalue weighted by molar-refractivity contribution is 0.379.